The minimum atomic E-state index is -0.433. The molecule has 6 nitrogen and oxygen atoms in total. The number of carbonyl (C=O) groups excluding carboxylic acids is 3. The van der Waals surface area contributed by atoms with E-state index in [2.05, 4.69) is 45.2 Å². The number of esters is 1. The van der Waals surface area contributed by atoms with Gasteiger partial charge in [0, 0.05) is 0 Å². The number of hydrogen-bond donors (Lipinski definition) is 0. The summed E-state index contributed by atoms with van der Waals surface area (Å²) >= 11 is 5.13. The summed E-state index contributed by atoms with van der Waals surface area (Å²) in [6.45, 7) is 1.86. The number of benzene rings is 2. The molecule has 2 aromatic carbocycles. The normalized spacial score (nSPS) is 15.1. The van der Waals surface area contributed by atoms with Gasteiger partial charge >= 0.3 is 5.97 Å². The number of carbonyl (C=O) groups is 3. The molecule has 0 radical (unpaired) electrons. The van der Waals surface area contributed by atoms with Crippen molar-refractivity contribution in [3.63, 3.8) is 0 Å². The maximum atomic E-state index is 12.7. The topological polar surface area (TPSA) is 72.9 Å². The van der Waals surface area contributed by atoms with Crippen molar-refractivity contribution >= 4 is 85.8 Å². The van der Waals surface area contributed by atoms with Crippen molar-refractivity contribution in [2.45, 2.75) is 6.92 Å². The van der Waals surface area contributed by atoms with Crippen LogP contribution in [0.15, 0.2) is 47.4 Å². The molecule has 2 aromatic rings. The average Bonchev–Trinajstić information content (AvgIpc) is 2.95. The highest BCUT2D eigenvalue weighted by Crippen LogP contribution is 2.37. The molecular weight excluding hydrogens is 620 g/mol. The van der Waals surface area contributed by atoms with Gasteiger partial charge in [-0.25, -0.2) is 9.69 Å². The smallest absolute Gasteiger partial charge is 0.344 e. The molecule has 0 bridgehead atoms. The third-order valence-corrected chi connectivity index (χ3v) is 6.24. The highest BCUT2D eigenvalue weighted by Gasteiger charge is 2.36. The Bertz CT molecular complexity index is 971. The Labute approximate surface area is 199 Å². The zero-order chi connectivity index (χ0) is 21.0. The van der Waals surface area contributed by atoms with Crippen LogP contribution in [0.1, 0.15) is 12.5 Å². The highest BCUT2D eigenvalue weighted by atomic mass is 127. The van der Waals surface area contributed by atoms with Crippen LogP contribution in [0, 0.1) is 7.14 Å². The number of hydrogen-bond acceptors (Lipinski definition) is 6. The third-order valence-electron chi connectivity index (χ3n) is 3.77. The molecule has 29 heavy (non-hydrogen) atoms. The van der Waals surface area contributed by atoms with E-state index in [1.165, 1.54) is 4.90 Å². The number of imide groups is 1. The number of rotatable bonds is 6. The van der Waals surface area contributed by atoms with E-state index >= 15 is 0 Å². The molecule has 3 rings (SSSR count). The third kappa shape index (κ3) is 5.31. The van der Waals surface area contributed by atoms with Crippen LogP contribution >= 0.6 is 56.9 Å². The second-order valence-electron chi connectivity index (χ2n) is 5.76. The lowest BCUT2D eigenvalue weighted by molar-refractivity contribution is -0.145. The van der Waals surface area contributed by atoms with E-state index in [-0.39, 0.29) is 17.8 Å². The van der Waals surface area contributed by atoms with Gasteiger partial charge in [0.2, 0.25) is 0 Å². The zero-order valence-electron chi connectivity index (χ0n) is 15.2. The molecule has 0 aromatic heterocycles. The molecule has 0 aliphatic carbocycles. The predicted octanol–water partition coefficient (Wildman–Crippen LogP) is 5.08. The van der Waals surface area contributed by atoms with Crippen LogP contribution < -0.4 is 9.64 Å². The first-order chi connectivity index (χ1) is 13.9. The molecule has 1 saturated heterocycles. The summed E-state index contributed by atoms with van der Waals surface area (Å²) in [5.41, 5.74) is 1.31. The van der Waals surface area contributed by atoms with E-state index in [1.807, 2.05) is 18.2 Å². The number of thioether (sulfide) groups is 1. The Kier molecular flexibility index (Phi) is 7.57. The second kappa shape index (κ2) is 9.94. The predicted molar refractivity (Wildman–Crippen MR) is 129 cm³/mol. The van der Waals surface area contributed by atoms with Crippen molar-refractivity contribution in [2.75, 3.05) is 18.1 Å². The molecule has 0 atom stereocenters. The number of halogens is 2. The number of anilines is 1. The van der Waals surface area contributed by atoms with E-state index in [0.717, 1.165) is 24.5 Å². The SMILES string of the molecule is CCOC(=O)COc1c(I)cc(/C=C2\SC(=O)N(c3ccccc3)C2=O)cc1I. The van der Waals surface area contributed by atoms with Crippen molar-refractivity contribution in [3.05, 3.63) is 60.1 Å². The van der Waals surface area contributed by atoms with Crippen molar-refractivity contribution in [2.24, 2.45) is 0 Å². The molecule has 2 amide bonds. The number of amides is 2. The summed E-state index contributed by atoms with van der Waals surface area (Å²) in [7, 11) is 0. The number of ether oxygens (including phenoxy) is 2. The molecule has 150 valence electrons. The monoisotopic (exact) mass is 635 g/mol. The maximum Gasteiger partial charge on any atom is 0.344 e. The number of para-hydroxylation sites is 1. The highest BCUT2D eigenvalue weighted by molar-refractivity contribution is 14.1. The molecule has 0 spiro atoms. The Balaban J connectivity index is 1.81. The van der Waals surface area contributed by atoms with Crippen molar-refractivity contribution in [1.82, 2.24) is 0 Å². The summed E-state index contributed by atoms with van der Waals surface area (Å²) in [5.74, 6) is -0.203. The van der Waals surface area contributed by atoms with Gasteiger partial charge in [0.05, 0.1) is 24.3 Å². The largest absolute Gasteiger partial charge is 0.480 e. The van der Waals surface area contributed by atoms with Gasteiger partial charge in [0.1, 0.15) is 5.75 Å². The molecule has 1 fully saturated rings. The molecular formula is C20H15I2NO5S. The average molecular weight is 635 g/mol. The van der Waals surface area contributed by atoms with Crippen molar-refractivity contribution in [1.29, 1.82) is 0 Å². The summed E-state index contributed by atoms with van der Waals surface area (Å²) in [6, 6.07) is 12.5. The minimum absolute atomic E-state index is 0.171. The quantitative estimate of drug-likeness (QED) is 0.251. The first kappa shape index (κ1) is 22.1. The standard InChI is InChI=1S/C20H15I2NO5S/c1-2-27-17(24)11-28-18-14(21)8-12(9-15(18)22)10-16-19(25)23(20(26)29-16)13-6-4-3-5-7-13/h3-10H,2,11H2,1H3/b16-10-. The fraction of sp³-hybridized carbons (Fsp3) is 0.150. The fourth-order valence-electron chi connectivity index (χ4n) is 2.55. The van der Waals surface area contributed by atoms with Crippen LogP contribution in [-0.2, 0) is 14.3 Å². The minimum Gasteiger partial charge on any atom is -0.480 e. The van der Waals surface area contributed by atoms with Gasteiger partial charge in [0.25, 0.3) is 11.1 Å². The fourth-order valence-corrected chi connectivity index (χ4v) is 5.52. The summed E-state index contributed by atoms with van der Waals surface area (Å²) in [5, 5.41) is -0.328. The van der Waals surface area contributed by atoms with Gasteiger partial charge < -0.3 is 9.47 Å². The molecule has 1 aliphatic rings. The first-order valence-corrected chi connectivity index (χ1v) is 11.5. The van der Waals surface area contributed by atoms with Gasteiger partial charge in [-0.1, -0.05) is 18.2 Å². The van der Waals surface area contributed by atoms with E-state index in [4.69, 9.17) is 9.47 Å². The molecule has 0 unspecified atom stereocenters. The Morgan fingerprint density at radius 3 is 2.41 bits per heavy atom. The van der Waals surface area contributed by atoms with Crippen LogP contribution in [0.25, 0.3) is 6.08 Å². The van der Waals surface area contributed by atoms with Gasteiger partial charge in [-0.05, 0) is 99.8 Å². The van der Waals surface area contributed by atoms with Crippen LogP contribution in [-0.4, -0.2) is 30.3 Å². The maximum absolute atomic E-state index is 12.7. The molecule has 0 N–H and O–H groups in total. The lowest BCUT2D eigenvalue weighted by Gasteiger charge is -2.12. The lowest BCUT2D eigenvalue weighted by atomic mass is 10.2. The summed E-state index contributed by atoms with van der Waals surface area (Å²) in [6.07, 6.45) is 1.69. The summed E-state index contributed by atoms with van der Waals surface area (Å²) in [4.78, 5) is 38.1. The lowest BCUT2D eigenvalue weighted by Crippen LogP contribution is -2.27. The van der Waals surface area contributed by atoms with Gasteiger partial charge in [-0.3, -0.25) is 9.59 Å². The van der Waals surface area contributed by atoms with Crippen molar-refractivity contribution in [3.8, 4) is 5.75 Å². The zero-order valence-corrected chi connectivity index (χ0v) is 20.3. The molecule has 1 aliphatic heterocycles. The van der Waals surface area contributed by atoms with Crippen LogP contribution in [0.4, 0.5) is 10.5 Å². The van der Waals surface area contributed by atoms with Crippen LogP contribution in [0.5, 0.6) is 5.75 Å². The first-order valence-electron chi connectivity index (χ1n) is 8.51. The molecule has 9 heteroatoms. The Morgan fingerprint density at radius 1 is 1.14 bits per heavy atom. The van der Waals surface area contributed by atoms with E-state index in [0.29, 0.717) is 22.9 Å². The second-order valence-corrected chi connectivity index (χ2v) is 9.08. The van der Waals surface area contributed by atoms with Crippen LogP contribution in [0.2, 0.25) is 0 Å². The molecule has 0 saturated carbocycles. The van der Waals surface area contributed by atoms with E-state index in [1.54, 1.807) is 37.3 Å². The molecule has 1 heterocycles. The van der Waals surface area contributed by atoms with Crippen LogP contribution in [0.3, 0.4) is 0 Å². The van der Waals surface area contributed by atoms with Gasteiger partial charge in [0.15, 0.2) is 6.61 Å². The summed E-state index contributed by atoms with van der Waals surface area (Å²) < 4.78 is 12.0. The van der Waals surface area contributed by atoms with Gasteiger partial charge in [-0.15, -0.1) is 0 Å². The van der Waals surface area contributed by atoms with Gasteiger partial charge in [-0.2, -0.15) is 0 Å². The Hall–Kier alpha value is -1.60. The van der Waals surface area contributed by atoms with Crippen molar-refractivity contribution < 1.29 is 23.9 Å². The Morgan fingerprint density at radius 2 is 1.79 bits per heavy atom. The number of nitrogens with zero attached hydrogens (tertiary/aromatic N) is 1. The van der Waals surface area contributed by atoms with E-state index < -0.39 is 5.97 Å². The van der Waals surface area contributed by atoms with E-state index in [9.17, 15) is 14.4 Å².